The van der Waals surface area contributed by atoms with Crippen LogP contribution in [0.5, 0.6) is 0 Å². The van der Waals surface area contributed by atoms with Gasteiger partial charge in [-0.05, 0) is 37.1 Å². The maximum absolute atomic E-state index is 12.5. The maximum Gasteiger partial charge on any atom is 0.416 e. The lowest BCUT2D eigenvalue weighted by molar-refractivity contribution is -0.137. The smallest absolute Gasteiger partial charge is 0.370 e. The van der Waals surface area contributed by atoms with Gasteiger partial charge in [-0.3, -0.25) is 0 Å². The highest BCUT2D eigenvalue weighted by molar-refractivity contribution is 5.48. The molecule has 2 nitrogen and oxygen atoms in total. The molecule has 0 amide bonds. The third-order valence-corrected chi connectivity index (χ3v) is 3.61. The number of rotatable bonds is 2. The highest BCUT2D eigenvalue weighted by Crippen LogP contribution is 2.30. The molecule has 0 saturated carbocycles. The average Bonchev–Trinajstić information content (AvgIpc) is 2.63. The van der Waals surface area contributed by atoms with Crippen molar-refractivity contribution in [3.8, 4) is 0 Å². The third kappa shape index (κ3) is 3.62. The Bertz CT molecular complexity index is 400. The van der Waals surface area contributed by atoms with Crippen molar-refractivity contribution in [1.82, 2.24) is 5.32 Å². The minimum absolute atomic E-state index is 0.513. The number of anilines is 1. The summed E-state index contributed by atoms with van der Waals surface area (Å²) in [5, 5.41) is 3.44. The molecule has 0 aromatic heterocycles. The Morgan fingerprint density at radius 1 is 1.21 bits per heavy atom. The molecule has 1 saturated heterocycles. The lowest BCUT2D eigenvalue weighted by Gasteiger charge is -2.22. The number of benzene rings is 1. The van der Waals surface area contributed by atoms with Crippen molar-refractivity contribution in [1.29, 1.82) is 0 Å². The molecule has 1 aromatic rings. The first-order chi connectivity index (χ1) is 9.00. The van der Waals surface area contributed by atoms with E-state index in [-0.39, 0.29) is 0 Å². The van der Waals surface area contributed by atoms with Crippen molar-refractivity contribution in [2.45, 2.75) is 32.0 Å². The lowest BCUT2D eigenvalue weighted by atomic mass is 10.1. The summed E-state index contributed by atoms with van der Waals surface area (Å²) in [6.07, 6.45) is -2.15. The molecule has 1 atom stereocenters. The van der Waals surface area contributed by atoms with Crippen LogP contribution in [0.15, 0.2) is 24.3 Å². The standard InChI is InChI=1S/C14H19F3N2/c1-2-12-7-9-19(10-8-18-12)13-5-3-11(4-6-13)14(15,16)17/h3-6,12,18H,2,7-10H2,1H3. The zero-order valence-electron chi connectivity index (χ0n) is 11.0. The van der Waals surface area contributed by atoms with Crippen LogP contribution in [-0.2, 0) is 6.18 Å². The van der Waals surface area contributed by atoms with Crippen LogP contribution in [0.3, 0.4) is 0 Å². The van der Waals surface area contributed by atoms with Crippen molar-refractivity contribution >= 4 is 5.69 Å². The van der Waals surface area contributed by atoms with Crippen LogP contribution >= 0.6 is 0 Å². The summed E-state index contributed by atoms with van der Waals surface area (Å²) in [6, 6.07) is 5.96. The molecule has 5 heteroatoms. The topological polar surface area (TPSA) is 15.3 Å². The monoisotopic (exact) mass is 272 g/mol. The second-order valence-electron chi connectivity index (χ2n) is 4.88. The molecule has 1 unspecified atom stereocenters. The highest BCUT2D eigenvalue weighted by atomic mass is 19.4. The van der Waals surface area contributed by atoms with E-state index >= 15 is 0 Å². The van der Waals surface area contributed by atoms with Gasteiger partial charge in [0.15, 0.2) is 0 Å². The number of halogens is 3. The Hall–Kier alpha value is -1.23. The van der Waals surface area contributed by atoms with Gasteiger partial charge in [-0.25, -0.2) is 0 Å². The highest BCUT2D eigenvalue weighted by Gasteiger charge is 2.30. The molecule has 1 aliphatic rings. The number of alkyl halides is 3. The Morgan fingerprint density at radius 3 is 2.47 bits per heavy atom. The van der Waals surface area contributed by atoms with Crippen molar-refractivity contribution in [2.24, 2.45) is 0 Å². The number of hydrogen-bond donors (Lipinski definition) is 1. The quantitative estimate of drug-likeness (QED) is 0.888. The normalized spacial score (nSPS) is 21.3. The molecule has 1 heterocycles. The second kappa shape index (κ2) is 5.82. The van der Waals surface area contributed by atoms with E-state index in [2.05, 4.69) is 17.1 Å². The van der Waals surface area contributed by atoms with Gasteiger partial charge in [-0.1, -0.05) is 6.92 Å². The van der Waals surface area contributed by atoms with E-state index in [9.17, 15) is 13.2 Å². The molecule has 0 radical (unpaired) electrons. The van der Waals surface area contributed by atoms with Crippen molar-refractivity contribution in [3.05, 3.63) is 29.8 Å². The van der Waals surface area contributed by atoms with Gasteiger partial charge in [-0.2, -0.15) is 13.2 Å². The van der Waals surface area contributed by atoms with E-state index in [4.69, 9.17) is 0 Å². The molecule has 0 spiro atoms. The SMILES string of the molecule is CCC1CCN(c2ccc(C(F)(F)F)cc2)CCN1. The fourth-order valence-electron chi connectivity index (χ4n) is 2.40. The molecule has 0 bridgehead atoms. The van der Waals surface area contributed by atoms with Crippen molar-refractivity contribution in [3.63, 3.8) is 0 Å². The number of nitrogens with zero attached hydrogens (tertiary/aromatic N) is 1. The second-order valence-corrected chi connectivity index (χ2v) is 4.88. The summed E-state index contributed by atoms with van der Waals surface area (Å²) in [5.74, 6) is 0. The minimum Gasteiger partial charge on any atom is -0.370 e. The molecule has 2 rings (SSSR count). The first-order valence-electron chi connectivity index (χ1n) is 6.66. The van der Waals surface area contributed by atoms with Crippen LogP contribution in [0, 0.1) is 0 Å². The van der Waals surface area contributed by atoms with Crippen molar-refractivity contribution in [2.75, 3.05) is 24.5 Å². The third-order valence-electron chi connectivity index (χ3n) is 3.61. The molecular weight excluding hydrogens is 253 g/mol. The Morgan fingerprint density at radius 2 is 1.89 bits per heavy atom. The van der Waals surface area contributed by atoms with Gasteiger partial charge < -0.3 is 10.2 Å². The van der Waals surface area contributed by atoms with Gasteiger partial charge >= 0.3 is 6.18 Å². The van der Waals surface area contributed by atoms with Crippen LogP contribution in [0.2, 0.25) is 0 Å². The van der Waals surface area contributed by atoms with Crippen LogP contribution in [0.1, 0.15) is 25.3 Å². The van der Waals surface area contributed by atoms with Gasteiger partial charge in [0.2, 0.25) is 0 Å². The fourth-order valence-corrected chi connectivity index (χ4v) is 2.40. The van der Waals surface area contributed by atoms with Crippen LogP contribution < -0.4 is 10.2 Å². The van der Waals surface area contributed by atoms with Gasteiger partial charge in [0.05, 0.1) is 5.56 Å². The van der Waals surface area contributed by atoms with E-state index in [1.54, 1.807) is 12.1 Å². The van der Waals surface area contributed by atoms with Crippen LogP contribution in [0.4, 0.5) is 18.9 Å². The zero-order valence-corrected chi connectivity index (χ0v) is 11.0. The van der Waals surface area contributed by atoms with E-state index in [1.165, 1.54) is 0 Å². The Labute approximate surface area is 111 Å². The largest absolute Gasteiger partial charge is 0.416 e. The van der Waals surface area contributed by atoms with E-state index in [0.717, 1.165) is 50.3 Å². The first-order valence-corrected chi connectivity index (χ1v) is 6.66. The van der Waals surface area contributed by atoms with E-state index in [0.29, 0.717) is 6.04 Å². The summed E-state index contributed by atoms with van der Waals surface area (Å²) in [7, 11) is 0. The summed E-state index contributed by atoms with van der Waals surface area (Å²) < 4.78 is 37.5. The van der Waals surface area contributed by atoms with Crippen molar-refractivity contribution < 1.29 is 13.2 Å². The molecule has 1 fully saturated rings. The molecule has 106 valence electrons. The predicted octanol–water partition coefficient (Wildman–Crippen LogP) is 3.28. The van der Waals surface area contributed by atoms with Gasteiger partial charge in [0.25, 0.3) is 0 Å². The van der Waals surface area contributed by atoms with Gasteiger partial charge in [0.1, 0.15) is 0 Å². The number of nitrogens with one attached hydrogen (secondary N) is 1. The van der Waals surface area contributed by atoms with E-state index in [1.807, 2.05) is 0 Å². The average molecular weight is 272 g/mol. The predicted molar refractivity (Wildman–Crippen MR) is 70.4 cm³/mol. The number of hydrogen-bond acceptors (Lipinski definition) is 2. The molecule has 0 aliphatic carbocycles. The molecule has 1 aliphatic heterocycles. The lowest BCUT2D eigenvalue weighted by Crippen LogP contribution is -2.30. The molecule has 19 heavy (non-hydrogen) atoms. The molecule has 1 aromatic carbocycles. The zero-order chi connectivity index (χ0) is 13.9. The molecular formula is C14H19F3N2. The van der Waals surface area contributed by atoms with Crippen LogP contribution in [0.25, 0.3) is 0 Å². The van der Waals surface area contributed by atoms with Gasteiger partial charge in [-0.15, -0.1) is 0 Å². The fraction of sp³-hybridized carbons (Fsp3) is 0.571. The molecule has 1 N–H and O–H groups in total. The summed E-state index contributed by atoms with van der Waals surface area (Å²) >= 11 is 0. The Balaban J connectivity index is 2.06. The summed E-state index contributed by atoms with van der Waals surface area (Å²) in [5.41, 5.74) is 0.280. The summed E-state index contributed by atoms with van der Waals surface area (Å²) in [4.78, 5) is 2.14. The Kier molecular flexibility index (Phi) is 4.34. The summed E-state index contributed by atoms with van der Waals surface area (Å²) in [6.45, 7) is 4.74. The first kappa shape index (κ1) is 14.2. The maximum atomic E-state index is 12.5. The van der Waals surface area contributed by atoms with Gasteiger partial charge in [0, 0.05) is 31.4 Å². The van der Waals surface area contributed by atoms with E-state index < -0.39 is 11.7 Å². The van der Waals surface area contributed by atoms with Crippen LogP contribution in [-0.4, -0.2) is 25.7 Å². The minimum atomic E-state index is -4.26.